The molecule has 51 heavy (non-hydrogen) atoms. The first-order valence-corrected chi connectivity index (χ1v) is 16.6. The van der Waals surface area contributed by atoms with Gasteiger partial charge >= 0.3 is 6.18 Å². The van der Waals surface area contributed by atoms with Gasteiger partial charge in [0.15, 0.2) is 0 Å². The lowest BCUT2D eigenvalue weighted by molar-refractivity contribution is -0.161. The maximum atomic E-state index is 14.9. The second kappa shape index (κ2) is 15.2. The smallest absolute Gasteiger partial charge is 0.378 e. The average Bonchev–Trinajstić information content (AvgIpc) is 3.92. The molecule has 1 saturated carbocycles. The lowest BCUT2D eigenvalue weighted by atomic mass is 9.91. The van der Waals surface area contributed by atoms with Crippen LogP contribution in [-0.2, 0) is 26.2 Å². The van der Waals surface area contributed by atoms with Crippen molar-refractivity contribution in [2.24, 2.45) is 0 Å². The zero-order valence-electron chi connectivity index (χ0n) is 28.2. The topological polar surface area (TPSA) is 118 Å². The largest absolute Gasteiger partial charge is 0.407 e. The quantitative estimate of drug-likeness (QED) is 0.217. The van der Waals surface area contributed by atoms with E-state index in [1.807, 2.05) is 29.2 Å². The number of hydrogen-bond donors (Lipinski definition) is 2. The van der Waals surface area contributed by atoms with Gasteiger partial charge in [-0.25, -0.2) is 8.78 Å². The number of carbonyl (C=O) groups is 2. The fourth-order valence-electron chi connectivity index (χ4n) is 6.37. The van der Waals surface area contributed by atoms with Crippen molar-refractivity contribution in [1.29, 1.82) is 10.5 Å². The zero-order valence-corrected chi connectivity index (χ0v) is 28.2. The van der Waals surface area contributed by atoms with Crippen LogP contribution in [0.2, 0.25) is 0 Å². The summed E-state index contributed by atoms with van der Waals surface area (Å²) in [5, 5.41) is 23.2. The van der Waals surface area contributed by atoms with Gasteiger partial charge in [0.05, 0.1) is 42.4 Å². The second-order valence-corrected chi connectivity index (χ2v) is 13.6. The minimum atomic E-state index is -4.89. The van der Waals surface area contributed by atoms with E-state index < -0.39 is 53.5 Å². The molecule has 2 amide bonds. The van der Waals surface area contributed by atoms with Crippen LogP contribution in [0.15, 0.2) is 66.7 Å². The van der Waals surface area contributed by atoms with E-state index in [9.17, 15) is 36.8 Å². The predicted molar refractivity (Wildman–Crippen MR) is 178 cm³/mol. The first kappa shape index (κ1) is 37.4. The molecule has 1 saturated heterocycles. The van der Waals surface area contributed by atoms with Crippen molar-refractivity contribution in [3.05, 3.63) is 94.8 Å². The third-order valence-electron chi connectivity index (χ3n) is 9.25. The summed E-state index contributed by atoms with van der Waals surface area (Å²) in [5.41, 5.74) is -0.553. The van der Waals surface area contributed by atoms with Crippen LogP contribution in [0.5, 0.6) is 0 Å². The van der Waals surface area contributed by atoms with Crippen LogP contribution in [0.1, 0.15) is 61.4 Å². The predicted octanol–water partition coefficient (Wildman–Crippen LogP) is 6.21. The summed E-state index contributed by atoms with van der Waals surface area (Å²) >= 11 is 0. The minimum absolute atomic E-state index is 0.00704. The first-order valence-electron chi connectivity index (χ1n) is 16.6. The number of nitrogens with one attached hydrogen (secondary N) is 2. The van der Waals surface area contributed by atoms with Gasteiger partial charge in [0.2, 0.25) is 11.8 Å². The van der Waals surface area contributed by atoms with Crippen LogP contribution in [-0.4, -0.2) is 66.9 Å². The number of rotatable bonds is 12. The summed E-state index contributed by atoms with van der Waals surface area (Å²) in [6.45, 7) is 4.36. The molecule has 0 radical (unpaired) electrons. The molecule has 2 fully saturated rings. The van der Waals surface area contributed by atoms with Crippen molar-refractivity contribution >= 4 is 11.8 Å². The van der Waals surface area contributed by atoms with Crippen molar-refractivity contribution in [3.63, 3.8) is 0 Å². The van der Waals surface area contributed by atoms with E-state index in [0.29, 0.717) is 31.9 Å². The lowest BCUT2D eigenvalue weighted by Gasteiger charge is -2.31. The minimum Gasteiger partial charge on any atom is -0.378 e. The van der Waals surface area contributed by atoms with Crippen LogP contribution in [0.4, 0.5) is 22.0 Å². The monoisotopic (exact) mass is 707 g/mol. The number of ether oxygens (including phenoxy) is 1. The Morgan fingerprint density at radius 3 is 2.06 bits per heavy atom. The Morgan fingerprint density at radius 2 is 1.55 bits per heavy atom. The molecule has 5 rings (SSSR count). The molecule has 13 heteroatoms. The molecule has 1 aliphatic carbocycles. The van der Waals surface area contributed by atoms with Gasteiger partial charge in [-0.05, 0) is 66.6 Å². The fourth-order valence-corrected chi connectivity index (χ4v) is 6.37. The van der Waals surface area contributed by atoms with E-state index in [2.05, 4.69) is 10.6 Å². The molecule has 1 heterocycles. The average molecular weight is 708 g/mol. The number of nitrogens with zero attached hydrogens (tertiary/aromatic N) is 3. The molecular formula is C38H38F5N5O3. The van der Waals surface area contributed by atoms with E-state index in [4.69, 9.17) is 10.00 Å². The molecular weight excluding hydrogens is 669 g/mol. The van der Waals surface area contributed by atoms with Crippen molar-refractivity contribution < 1.29 is 36.3 Å². The lowest BCUT2D eigenvalue weighted by Crippen LogP contribution is -2.53. The van der Waals surface area contributed by atoms with E-state index in [1.165, 1.54) is 36.4 Å². The van der Waals surface area contributed by atoms with Crippen LogP contribution in [0, 0.1) is 28.5 Å². The molecule has 0 unspecified atom stereocenters. The van der Waals surface area contributed by atoms with Crippen molar-refractivity contribution in [2.45, 2.75) is 74.9 Å². The summed E-state index contributed by atoms with van der Waals surface area (Å²) < 4.78 is 78.3. The Labute approximate surface area is 293 Å². The fraction of sp³-hybridized carbons (Fsp3) is 0.421. The molecule has 3 atom stereocenters. The summed E-state index contributed by atoms with van der Waals surface area (Å²) in [6, 6.07) is 14.7. The highest BCUT2D eigenvalue weighted by Crippen LogP contribution is 2.50. The molecule has 2 N–H and O–H groups in total. The van der Waals surface area contributed by atoms with Crippen LogP contribution < -0.4 is 10.6 Å². The van der Waals surface area contributed by atoms with Gasteiger partial charge < -0.3 is 15.0 Å². The number of nitriles is 2. The van der Waals surface area contributed by atoms with Gasteiger partial charge in [0.25, 0.3) is 0 Å². The van der Waals surface area contributed by atoms with Gasteiger partial charge in [-0.1, -0.05) is 54.6 Å². The highest BCUT2D eigenvalue weighted by atomic mass is 19.4. The third-order valence-corrected chi connectivity index (χ3v) is 9.25. The summed E-state index contributed by atoms with van der Waals surface area (Å²) in [6.07, 6.45) is -4.40. The molecule has 268 valence electrons. The van der Waals surface area contributed by atoms with E-state index in [-0.39, 0.29) is 29.0 Å². The molecule has 0 aromatic heterocycles. The SMILES string of the molecule is CC(C)(F)C[C@H](N[C@@H](c1ccc(-c2ccc(C3(C(=O)N4CCOCC4)CC3)cc2)cc1)C(F)(F)F)C(=O)N[C@H](C#N)Cc1ccc(C#N)cc1F. The van der Waals surface area contributed by atoms with Crippen molar-refractivity contribution in [1.82, 2.24) is 15.5 Å². The number of morpholine rings is 1. The Morgan fingerprint density at radius 1 is 0.941 bits per heavy atom. The summed E-state index contributed by atoms with van der Waals surface area (Å²) in [7, 11) is 0. The summed E-state index contributed by atoms with van der Waals surface area (Å²) in [5.74, 6) is -1.77. The van der Waals surface area contributed by atoms with Crippen molar-refractivity contribution in [3.8, 4) is 23.3 Å². The summed E-state index contributed by atoms with van der Waals surface area (Å²) in [4.78, 5) is 28.4. The van der Waals surface area contributed by atoms with E-state index in [0.717, 1.165) is 43.9 Å². The molecule has 1 aliphatic heterocycles. The number of benzene rings is 3. The van der Waals surface area contributed by atoms with Gasteiger partial charge in [-0.3, -0.25) is 14.9 Å². The Balaban J connectivity index is 1.31. The van der Waals surface area contributed by atoms with Crippen LogP contribution in [0.3, 0.4) is 0 Å². The highest BCUT2D eigenvalue weighted by Gasteiger charge is 2.53. The van der Waals surface area contributed by atoms with Crippen molar-refractivity contribution in [2.75, 3.05) is 26.3 Å². The molecule has 8 nitrogen and oxygen atoms in total. The number of carbonyl (C=O) groups excluding carboxylic acids is 2. The van der Waals surface area contributed by atoms with Gasteiger partial charge in [-0.15, -0.1) is 0 Å². The van der Waals surface area contributed by atoms with Gasteiger partial charge in [-0.2, -0.15) is 23.7 Å². The molecule has 0 spiro atoms. The number of alkyl halides is 4. The van der Waals surface area contributed by atoms with Crippen LogP contribution in [0.25, 0.3) is 11.1 Å². The highest BCUT2D eigenvalue weighted by molar-refractivity contribution is 5.91. The zero-order chi connectivity index (χ0) is 37.0. The molecule has 3 aromatic rings. The maximum Gasteiger partial charge on any atom is 0.407 e. The molecule has 0 bridgehead atoms. The molecule has 2 aliphatic rings. The van der Waals surface area contributed by atoms with Gasteiger partial charge in [0, 0.05) is 25.9 Å². The van der Waals surface area contributed by atoms with E-state index >= 15 is 0 Å². The second-order valence-electron chi connectivity index (χ2n) is 13.6. The molecule has 3 aromatic carbocycles. The Kier molecular flexibility index (Phi) is 11.1. The van der Waals surface area contributed by atoms with E-state index in [1.54, 1.807) is 12.1 Å². The van der Waals surface area contributed by atoms with Crippen LogP contribution >= 0.6 is 0 Å². The first-order chi connectivity index (χ1) is 24.1. The number of halogens is 5. The third kappa shape index (κ3) is 9.09. The Hall–Kier alpha value is -4.85. The standard InChI is InChI=1S/C38H38F5N5O3/c1-36(2,40)21-32(34(49)46-30(23-45)20-28-4-3-24(22-44)19-31(28)39)47-33(38(41,42)43)27-7-5-25(6-8-27)26-9-11-29(12-10-26)37(13-14-37)35(50)48-15-17-51-18-16-48/h3-12,19,30,32-33,47H,13-18,20-21H2,1-2H3,(H,46,49)/t30-,32-,33-/m0/s1. The number of hydrogen-bond acceptors (Lipinski definition) is 6. The number of amides is 2. The van der Waals surface area contributed by atoms with Gasteiger partial charge in [0.1, 0.15) is 23.6 Å². The Bertz CT molecular complexity index is 1800. The normalized spacial score (nSPS) is 17.4. The maximum absolute atomic E-state index is 14.9.